The second kappa shape index (κ2) is 7.70. The molecule has 0 bridgehead atoms. The van der Waals surface area contributed by atoms with Crippen LogP contribution in [0.25, 0.3) is 0 Å². The van der Waals surface area contributed by atoms with Crippen LogP contribution in [0.3, 0.4) is 0 Å². The van der Waals surface area contributed by atoms with Gasteiger partial charge in [-0.1, -0.05) is 6.07 Å². The zero-order valence-electron chi connectivity index (χ0n) is 14.7. The topological polar surface area (TPSA) is 60.9 Å². The van der Waals surface area contributed by atoms with Crippen molar-refractivity contribution >= 4 is 11.8 Å². The first-order chi connectivity index (χ1) is 12.5. The van der Waals surface area contributed by atoms with Gasteiger partial charge in [-0.05, 0) is 43.2 Å². The van der Waals surface area contributed by atoms with Crippen LogP contribution in [0.4, 0.5) is 8.78 Å². The van der Waals surface area contributed by atoms with E-state index in [1.807, 2.05) is 4.90 Å². The fourth-order valence-electron chi connectivity index (χ4n) is 4.00. The van der Waals surface area contributed by atoms with Crippen molar-refractivity contribution in [1.29, 1.82) is 0 Å². The molecule has 1 aromatic rings. The first kappa shape index (κ1) is 18.8. The summed E-state index contributed by atoms with van der Waals surface area (Å²) in [6, 6.07) is 3.64. The summed E-state index contributed by atoms with van der Waals surface area (Å²) in [6.07, 6.45) is 3.30. The third kappa shape index (κ3) is 3.72. The molecule has 0 aromatic heterocycles. The number of likely N-dealkylation sites (tertiary alicyclic amines) is 2. The first-order valence-corrected chi connectivity index (χ1v) is 9.08. The van der Waals surface area contributed by atoms with E-state index in [1.165, 1.54) is 12.1 Å². The highest BCUT2D eigenvalue weighted by molar-refractivity contribution is 5.94. The van der Waals surface area contributed by atoms with Crippen LogP contribution in [0.5, 0.6) is 0 Å². The Hall–Kier alpha value is -2.02. The van der Waals surface area contributed by atoms with Gasteiger partial charge in [0.1, 0.15) is 0 Å². The molecular formula is C19H24F2N2O3. The molecule has 2 aliphatic heterocycles. The maximum atomic E-state index is 13.9. The molecule has 0 radical (unpaired) electrons. The largest absolute Gasteiger partial charge is 0.396 e. The minimum Gasteiger partial charge on any atom is -0.396 e. The molecule has 1 spiro atoms. The second-order valence-corrected chi connectivity index (χ2v) is 7.29. The van der Waals surface area contributed by atoms with Crippen molar-refractivity contribution in [3.63, 3.8) is 0 Å². The van der Waals surface area contributed by atoms with Gasteiger partial charge >= 0.3 is 0 Å². The monoisotopic (exact) mass is 366 g/mol. The molecule has 1 N–H and O–H groups in total. The molecule has 0 atom stereocenters. The maximum absolute atomic E-state index is 13.9. The number of carbonyl (C=O) groups excluding carboxylic acids is 2. The van der Waals surface area contributed by atoms with Gasteiger partial charge in [-0.15, -0.1) is 0 Å². The van der Waals surface area contributed by atoms with Gasteiger partial charge in [0.2, 0.25) is 5.91 Å². The number of rotatable bonds is 4. The van der Waals surface area contributed by atoms with Gasteiger partial charge in [-0.2, -0.15) is 0 Å². The Kier molecular flexibility index (Phi) is 5.55. The van der Waals surface area contributed by atoms with E-state index in [0.29, 0.717) is 39.0 Å². The predicted octanol–water partition coefficient (Wildman–Crippen LogP) is 2.19. The fraction of sp³-hybridized carbons (Fsp3) is 0.579. The van der Waals surface area contributed by atoms with Crippen LogP contribution in [0, 0.1) is 17.0 Å². The maximum Gasteiger partial charge on any atom is 0.256 e. The minimum atomic E-state index is -1.10. The number of aliphatic hydroxyl groups is 1. The summed E-state index contributed by atoms with van der Waals surface area (Å²) in [5, 5.41) is 8.99. The lowest BCUT2D eigenvalue weighted by molar-refractivity contribution is -0.139. The van der Waals surface area contributed by atoms with Crippen molar-refractivity contribution in [2.24, 2.45) is 5.41 Å². The van der Waals surface area contributed by atoms with Gasteiger partial charge in [0.15, 0.2) is 11.6 Å². The van der Waals surface area contributed by atoms with Gasteiger partial charge in [0.25, 0.3) is 5.91 Å². The predicted molar refractivity (Wildman–Crippen MR) is 91.4 cm³/mol. The number of amides is 2. The number of halogens is 2. The molecule has 2 saturated heterocycles. The molecule has 26 heavy (non-hydrogen) atoms. The van der Waals surface area contributed by atoms with Crippen LogP contribution in [0.1, 0.15) is 42.5 Å². The van der Waals surface area contributed by atoms with Gasteiger partial charge in [0.05, 0.1) is 5.56 Å². The molecule has 2 amide bonds. The molecule has 2 heterocycles. The summed E-state index contributed by atoms with van der Waals surface area (Å²) in [5.41, 5.74) is -0.259. The lowest BCUT2D eigenvalue weighted by Gasteiger charge is -2.47. The van der Waals surface area contributed by atoms with Gasteiger partial charge < -0.3 is 14.9 Å². The van der Waals surface area contributed by atoms with Gasteiger partial charge in [-0.3, -0.25) is 9.59 Å². The van der Waals surface area contributed by atoms with Crippen LogP contribution in [-0.2, 0) is 4.79 Å². The zero-order chi connectivity index (χ0) is 18.7. The average molecular weight is 366 g/mol. The van der Waals surface area contributed by atoms with E-state index in [9.17, 15) is 18.4 Å². The Morgan fingerprint density at radius 1 is 1.19 bits per heavy atom. The summed E-state index contributed by atoms with van der Waals surface area (Å²) in [5.74, 6) is -2.49. The Bertz CT molecular complexity index is 687. The molecule has 0 saturated carbocycles. The number of benzene rings is 1. The number of hydrogen-bond acceptors (Lipinski definition) is 3. The van der Waals surface area contributed by atoms with E-state index in [4.69, 9.17) is 5.11 Å². The Balaban J connectivity index is 1.64. The number of aliphatic hydroxyl groups excluding tert-OH is 1. The minimum absolute atomic E-state index is 0.0272. The molecule has 1 aromatic carbocycles. The van der Waals surface area contributed by atoms with Crippen LogP contribution in [0.2, 0.25) is 0 Å². The van der Waals surface area contributed by atoms with Crippen LogP contribution >= 0.6 is 0 Å². The summed E-state index contributed by atoms with van der Waals surface area (Å²) >= 11 is 0. The SMILES string of the molecule is O=C1CCC2(CCN(C(=O)c3cccc(F)c3F)CC2)CN1CCCO. The van der Waals surface area contributed by atoms with E-state index in [1.54, 1.807) is 4.90 Å². The van der Waals surface area contributed by atoms with Crippen LogP contribution < -0.4 is 0 Å². The van der Waals surface area contributed by atoms with Crippen molar-refractivity contribution in [1.82, 2.24) is 9.80 Å². The molecule has 142 valence electrons. The summed E-state index contributed by atoms with van der Waals surface area (Å²) in [6.45, 7) is 2.18. The van der Waals surface area contributed by atoms with Crippen molar-refractivity contribution in [2.75, 3.05) is 32.8 Å². The summed E-state index contributed by atoms with van der Waals surface area (Å²) < 4.78 is 27.3. The second-order valence-electron chi connectivity index (χ2n) is 7.29. The molecular weight excluding hydrogens is 342 g/mol. The average Bonchev–Trinajstić information content (AvgIpc) is 2.65. The molecule has 0 unspecified atom stereocenters. The lowest BCUT2D eigenvalue weighted by atomic mass is 9.72. The van der Waals surface area contributed by atoms with Crippen LogP contribution in [-0.4, -0.2) is 59.5 Å². The van der Waals surface area contributed by atoms with E-state index in [2.05, 4.69) is 0 Å². The highest BCUT2D eigenvalue weighted by Crippen LogP contribution is 2.40. The molecule has 0 aliphatic carbocycles. The van der Waals surface area contributed by atoms with Crippen molar-refractivity contribution in [2.45, 2.75) is 32.1 Å². The Morgan fingerprint density at radius 3 is 2.62 bits per heavy atom. The normalized spacial score (nSPS) is 19.9. The van der Waals surface area contributed by atoms with E-state index in [0.717, 1.165) is 25.3 Å². The fourth-order valence-corrected chi connectivity index (χ4v) is 4.00. The third-order valence-corrected chi connectivity index (χ3v) is 5.63. The quantitative estimate of drug-likeness (QED) is 0.889. The number of carbonyl (C=O) groups is 2. The molecule has 7 heteroatoms. The number of hydrogen-bond donors (Lipinski definition) is 1. The molecule has 5 nitrogen and oxygen atoms in total. The smallest absolute Gasteiger partial charge is 0.256 e. The lowest BCUT2D eigenvalue weighted by Crippen LogP contribution is -2.52. The number of piperidine rings is 2. The summed E-state index contributed by atoms with van der Waals surface area (Å²) in [7, 11) is 0. The summed E-state index contributed by atoms with van der Waals surface area (Å²) in [4.78, 5) is 28.0. The highest BCUT2D eigenvalue weighted by atomic mass is 19.2. The Morgan fingerprint density at radius 2 is 1.92 bits per heavy atom. The molecule has 2 fully saturated rings. The van der Waals surface area contributed by atoms with Crippen molar-refractivity contribution in [3.8, 4) is 0 Å². The third-order valence-electron chi connectivity index (χ3n) is 5.63. The van der Waals surface area contributed by atoms with Gasteiger partial charge in [-0.25, -0.2) is 8.78 Å². The van der Waals surface area contributed by atoms with E-state index in [-0.39, 0.29) is 23.5 Å². The number of nitrogens with zero attached hydrogens (tertiary/aromatic N) is 2. The standard InChI is InChI=1S/C19H24F2N2O3/c20-15-4-1-3-14(17(15)21)18(26)22-10-7-19(8-11-22)6-5-16(25)23(13-19)9-2-12-24/h1,3-4,24H,2,5-13H2. The van der Waals surface area contributed by atoms with Crippen molar-refractivity contribution in [3.05, 3.63) is 35.4 Å². The first-order valence-electron chi connectivity index (χ1n) is 9.08. The Labute approximate surface area is 151 Å². The van der Waals surface area contributed by atoms with Crippen LogP contribution in [0.15, 0.2) is 18.2 Å². The van der Waals surface area contributed by atoms with E-state index >= 15 is 0 Å². The highest BCUT2D eigenvalue weighted by Gasteiger charge is 2.41. The zero-order valence-corrected chi connectivity index (χ0v) is 14.7. The molecule has 3 rings (SSSR count). The van der Waals surface area contributed by atoms with E-state index < -0.39 is 17.5 Å². The van der Waals surface area contributed by atoms with Crippen molar-refractivity contribution < 1.29 is 23.5 Å². The molecule has 2 aliphatic rings. The van der Waals surface area contributed by atoms with Gasteiger partial charge in [0, 0.05) is 39.2 Å².